The second-order valence-corrected chi connectivity index (χ2v) is 10.4. The molecule has 168 valence electrons. The van der Waals surface area contributed by atoms with Crippen LogP contribution in [-0.4, -0.2) is 24.6 Å². The van der Waals surface area contributed by atoms with Crippen molar-refractivity contribution in [3.8, 4) is 6.07 Å². The lowest BCUT2D eigenvalue weighted by Gasteiger charge is -2.57. The van der Waals surface area contributed by atoms with Crippen LogP contribution in [0.1, 0.15) is 79.1 Å². The number of fused-ring (bicyclic) bond motifs is 5. The number of carbonyl (C=O) groups is 2. The van der Waals surface area contributed by atoms with Gasteiger partial charge in [-0.3, -0.25) is 4.79 Å². The van der Waals surface area contributed by atoms with Gasteiger partial charge in [0.15, 0.2) is 0 Å². The zero-order valence-corrected chi connectivity index (χ0v) is 19.3. The minimum Gasteiger partial charge on any atom is -0.462 e. The predicted octanol–water partition coefficient (Wildman–Crippen LogP) is 5.26. The lowest BCUT2D eigenvalue weighted by molar-refractivity contribution is -0.148. The molecule has 5 nitrogen and oxygen atoms in total. The summed E-state index contributed by atoms with van der Waals surface area (Å²) in [5.41, 5.74) is 2.86. The molecule has 3 saturated carbocycles. The molecule has 4 aliphatic rings. The van der Waals surface area contributed by atoms with E-state index in [1.165, 1.54) is 12.5 Å². The van der Waals surface area contributed by atoms with E-state index in [9.17, 15) is 14.9 Å². The normalized spacial score (nSPS) is 40.4. The SMILES string of the molecule is CCOC(=O)/C(C#N)=C1/CC[C@@H]2[C@@H]3CC=C4C[C@@H](OC(C)=O)CC[C@]4(C)[C@@H]3CC[C@]12C. The molecule has 0 heterocycles. The van der Waals surface area contributed by atoms with Crippen molar-refractivity contribution in [1.29, 1.82) is 5.26 Å². The molecule has 0 spiro atoms. The molecule has 0 bridgehead atoms. The highest BCUT2D eigenvalue weighted by Crippen LogP contribution is 2.66. The highest BCUT2D eigenvalue weighted by Gasteiger charge is 2.58. The van der Waals surface area contributed by atoms with Crippen molar-refractivity contribution < 1.29 is 19.1 Å². The maximum absolute atomic E-state index is 12.5. The maximum Gasteiger partial charge on any atom is 0.348 e. The number of esters is 2. The molecule has 4 rings (SSSR count). The largest absolute Gasteiger partial charge is 0.462 e. The van der Waals surface area contributed by atoms with Crippen molar-refractivity contribution in [2.24, 2.45) is 28.6 Å². The summed E-state index contributed by atoms with van der Waals surface area (Å²) in [5.74, 6) is 1.07. The summed E-state index contributed by atoms with van der Waals surface area (Å²) in [5, 5.41) is 9.75. The van der Waals surface area contributed by atoms with Crippen LogP contribution in [-0.2, 0) is 19.1 Å². The molecule has 0 unspecified atom stereocenters. The lowest BCUT2D eigenvalue weighted by Crippen LogP contribution is -2.50. The van der Waals surface area contributed by atoms with Gasteiger partial charge in [-0.25, -0.2) is 4.79 Å². The van der Waals surface area contributed by atoms with Crippen molar-refractivity contribution in [2.45, 2.75) is 85.2 Å². The van der Waals surface area contributed by atoms with Crippen LogP contribution in [0.15, 0.2) is 22.8 Å². The first-order valence-corrected chi connectivity index (χ1v) is 11.9. The van der Waals surface area contributed by atoms with Gasteiger partial charge in [0.05, 0.1) is 6.61 Å². The third-order valence-electron chi connectivity index (χ3n) is 9.07. The molecule has 0 radical (unpaired) electrons. The number of nitriles is 1. The Kier molecular flexibility index (Phi) is 5.79. The van der Waals surface area contributed by atoms with E-state index in [1.807, 2.05) is 0 Å². The maximum atomic E-state index is 12.5. The third kappa shape index (κ3) is 3.52. The average Bonchev–Trinajstić information content (AvgIpc) is 3.06. The van der Waals surface area contributed by atoms with Gasteiger partial charge in [0.1, 0.15) is 17.7 Å². The Morgan fingerprint density at radius 1 is 1.16 bits per heavy atom. The Labute approximate surface area is 185 Å². The minimum absolute atomic E-state index is 0.0195. The van der Waals surface area contributed by atoms with Crippen molar-refractivity contribution in [1.82, 2.24) is 0 Å². The minimum atomic E-state index is -0.453. The number of hydrogen-bond acceptors (Lipinski definition) is 5. The average molecular weight is 426 g/mol. The number of rotatable bonds is 3. The summed E-state index contributed by atoms with van der Waals surface area (Å²) < 4.78 is 10.7. The van der Waals surface area contributed by atoms with Gasteiger partial charge in [0, 0.05) is 13.3 Å². The van der Waals surface area contributed by atoms with Gasteiger partial charge in [-0.05, 0) is 86.0 Å². The molecule has 0 saturated heterocycles. The Morgan fingerprint density at radius 3 is 2.55 bits per heavy atom. The smallest absolute Gasteiger partial charge is 0.348 e. The molecule has 6 atom stereocenters. The van der Waals surface area contributed by atoms with Gasteiger partial charge in [0.25, 0.3) is 0 Å². The molecule has 31 heavy (non-hydrogen) atoms. The van der Waals surface area contributed by atoms with Crippen molar-refractivity contribution in [2.75, 3.05) is 6.61 Å². The van der Waals surface area contributed by atoms with Gasteiger partial charge < -0.3 is 9.47 Å². The Morgan fingerprint density at radius 2 is 1.87 bits per heavy atom. The summed E-state index contributed by atoms with van der Waals surface area (Å²) in [4.78, 5) is 23.9. The Bertz CT molecular complexity index is 880. The fourth-order valence-corrected chi connectivity index (χ4v) is 7.63. The molecular formula is C26H35NO4. The molecule has 0 N–H and O–H groups in total. The second-order valence-electron chi connectivity index (χ2n) is 10.4. The monoisotopic (exact) mass is 425 g/mol. The first-order chi connectivity index (χ1) is 14.7. The molecule has 0 aromatic heterocycles. The molecule has 3 fully saturated rings. The fraction of sp³-hybridized carbons (Fsp3) is 0.731. The molecule has 5 heteroatoms. The zero-order valence-electron chi connectivity index (χ0n) is 19.3. The predicted molar refractivity (Wildman–Crippen MR) is 117 cm³/mol. The second kappa shape index (κ2) is 8.11. The lowest BCUT2D eigenvalue weighted by atomic mass is 9.47. The van der Waals surface area contributed by atoms with Crippen molar-refractivity contribution in [3.63, 3.8) is 0 Å². The van der Waals surface area contributed by atoms with Crippen LogP contribution >= 0.6 is 0 Å². The fourth-order valence-electron chi connectivity index (χ4n) is 7.63. The van der Waals surface area contributed by atoms with Crippen LogP contribution in [0.2, 0.25) is 0 Å². The van der Waals surface area contributed by atoms with E-state index < -0.39 is 5.97 Å². The number of allylic oxidation sites excluding steroid dienone is 2. The van der Waals surface area contributed by atoms with E-state index in [4.69, 9.17) is 9.47 Å². The number of hydrogen-bond donors (Lipinski definition) is 0. The number of carbonyl (C=O) groups excluding carboxylic acids is 2. The third-order valence-corrected chi connectivity index (χ3v) is 9.07. The molecule has 0 aromatic carbocycles. The standard InChI is InChI=1S/C26H35NO4/c1-5-30-24(29)20(15-27)22-9-8-21-19-7-6-17-14-18(31-16(2)28)10-12-25(17,3)23(19)11-13-26(21,22)4/h6,18-19,21,23H,5,7-14H2,1-4H3/b22-20-/t18-,19-,21+,23+,25-,26-/m0/s1. The quantitative estimate of drug-likeness (QED) is 0.267. The van der Waals surface area contributed by atoms with Crippen LogP contribution in [0, 0.1) is 39.9 Å². The highest BCUT2D eigenvalue weighted by molar-refractivity contribution is 5.94. The summed E-state index contributed by atoms with van der Waals surface area (Å²) in [6.45, 7) is 8.28. The molecule has 0 amide bonds. The van der Waals surface area contributed by atoms with Crippen LogP contribution in [0.3, 0.4) is 0 Å². The van der Waals surface area contributed by atoms with Gasteiger partial charge in [0.2, 0.25) is 0 Å². The Hall–Kier alpha value is -2.09. The van der Waals surface area contributed by atoms with E-state index in [0.717, 1.165) is 56.9 Å². The van der Waals surface area contributed by atoms with Crippen LogP contribution in [0.25, 0.3) is 0 Å². The van der Waals surface area contributed by atoms with Gasteiger partial charge >= 0.3 is 11.9 Å². The van der Waals surface area contributed by atoms with Gasteiger partial charge in [-0.15, -0.1) is 0 Å². The molecule has 0 aromatic rings. The number of ether oxygens (including phenoxy) is 2. The van der Waals surface area contributed by atoms with Crippen molar-refractivity contribution >= 4 is 11.9 Å². The Balaban J connectivity index is 1.62. The summed E-state index contributed by atoms with van der Waals surface area (Å²) in [6, 6.07) is 2.18. The zero-order chi connectivity index (χ0) is 22.4. The van der Waals surface area contributed by atoms with Crippen LogP contribution < -0.4 is 0 Å². The van der Waals surface area contributed by atoms with Crippen molar-refractivity contribution in [3.05, 3.63) is 22.8 Å². The summed E-state index contributed by atoms with van der Waals surface area (Å²) >= 11 is 0. The first-order valence-electron chi connectivity index (χ1n) is 11.9. The first kappa shape index (κ1) is 22.1. The van der Waals surface area contributed by atoms with Crippen LogP contribution in [0.4, 0.5) is 0 Å². The topological polar surface area (TPSA) is 76.4 Å². The van der Waals surface area contributed by atoms with E-state index >= 15 is 0 Å². The van der Waals surface area contributed by atoms with Gasteiger partial charge in [-0.2, -0.15) is 5.26 Å². The van der Waals surface area contributed by atoms with Gasteiger partial charge in [-0.1, -0.05) is 25.5 Å². The van der Waals surface area contributed by atoms with E-state index in [-0.39, 0.29) is 28.5 Å². The molecule has 4 aliphatic carbocycles. The summed E-state index contributed by atoms with van der Waals surface area (Å²) in [7, 11) is 0. The molecular weight excluding hydrogens is 390 g/mol. The molecule has 0 aliphatic heterocycles. The van der Waals surface area contributed by atoms with E-state index in [0.29, 0.717) is 24.4 Å². The highest BCUT2D eigenvalue weighted by atomic mass is 16.5. The van der Waals surface area contributed by atoms with Crippen LogP contribution in [0.5, 0.6) is 0 Å². The van der Waals surface area contributed by atoms with E-state index in [1.54, 1.807) is 6.92 Å². The summed E-state index contributed by atoms with van der Waals surface area (Å²) in [6.07, 6.45) is 10.4. The number of nitrogens with zero attached hydrogens (tertiary/aromatic N) is 1. The van der Waals surface area contributed by atoms with E-state index in [2.05, 4.69) is 26.0 Å².